The number of aromatic nitrogens is 1. The molecule has 130 valence electrons. The molecule has 1 atom stereocenters. The molecular weight excluding hydrogens is 313 g/mol. The average Bonchev–Trinajstić information content (AvgIpc) is 2.76. The van der Waals surface area contributed by atoms with Gasteiger partial charge in [-0.2, -0.15) is 13.2 Å². The largest absolute Gasteiger partial charge is 0.444 e. The van der Waals surface area contributed by atoms with Crippen LogP contribution in [0.2, 0.25) is 0 Å². The Morgan fingerprint density at radius 1 is 1.39 bits per heavy atom. The first-order valence-corrected chi connectivity index (χ1v) is 7.42. The maximum absolute atomic E-state index is 12.5. The second kappa shape index (κ2) is 6.77. The Hall–Kier alpha value is -1.77. The smallest absolute Gasteiger partial charge is 0.401 e. The molecule has 0 radical (unpaired) electrons. The molecule has 2 rings (SSSR count). The summed E-state index contributed by atoms with van der Waals surface area (Å²) in [6, 6.07) is -0.667. The van der Waals surface area contributed by atoms with E-state index in [0.717, 1.165) is 5.69 Å². The quantitative estimate of drug-likeness (QED) is 0.919. The molecule has 0 aromatic carbocycles. The van der Waals surface area contributed by atoms with Gasteiger partial charge in [-0.25, -0.2) is 9.78 Å². The third-order valence-corrected chi connectivity index (χ3v) is 3.90. The number of hydrogen-bond donors (Lipinski definition) is 1. The van der Waals surface area contributed by atoms with E-state index in [-0.39, 0.29) is 38.3 Å². The predicted octanol–water partition coefficient (Wildman–Crippen LogP) is 2.07. The molecule has 23 heavy (non-hydrogen) atoms. The van der Waals surface area contributed by atoms with E-state index < -0.39 is 12.7 Å². The minimum Gasteiger partial charge on any atom is -0.444 e. The van der Waals surface area contributed by atoms with Crippen molar-refractivity contribution in [3.05, 3.63) is 17.3 Å². The second-order valence-corrected chi connectivity index (χ2v) is 5.79. The molecule has 6 nitrogen and oxygen atoms in total. The third kappa shape index (κ3) is 4.85. The first kappa shape index (κ1) is 17.6. The van der Waals surface area contributed by atoms with Gasteiger partial charge < -0.3 is 14.6 Å². The van der Waals surface area contributed by atoms with Gasteiger partial charge in [0.15, 0.2) is 0 Å². The van der Waals surface area contributed by atoms with Crippen LogP contribution in [0.1, 0.15) is 24.3 Å². The number of piperazine rings is 1. The Kier molecular flexibility index (Phi) is 5.18. The molecule has 0 spiro atoms. The standard InChI is InChI=1S/C14H21F3N4O2/c1-9-7-20(4-5-21(9)8-14(15,16)17)13(22)18-6-12-19-10(2)11(3)23-12/h9H,4-8H2,1-3H3,(H,18,22)/t9-/m0/s1. The highest BCUT2D eigenvalue weighted by molar-refractivity contribution is 5.74. The van der Waals surface area contributed by atoms with Crippen molar-refractivity contribution in [2.75, 3.05) is 26.2 Å². The average molecular weight is 334 g/mol. The van der Waals surface area contributed by atoms with Crippen molar-refractivity contribution < 1.29 is 22.4 Å². The van der Waals surface area contributed by atoms with Crippen LogP contribution < -0.4 is 5.32 Å². The molecule has 2 heterocycles. The molecule has 1 fully saturated rings. The van der Waals surface area contributed by atoms with Gasteiger partial charge in [-0.1, -0.05) is 0 Å². The van der Waals surface area contributed by atoms with Crippen LogP contribution in [0.25, 0.3) is 0 Å². The molecule has 1 aromatic heterocycles. The first-order chi connectivity index (χ1) is 10.7. The molecule has 0 saturated carbocycles. The first-order valence-electron chi connectivity index (χ1n) is 7.42. The Morgan fingerprint density at radius 2 is 2.09 bits per heavy atom. The molecule has 1 saturated heterocycles. The molecule has 1 N–H and O–H groups in total. The van der Waals surface area contributed by atoms with Crippen LogP contribution in [0, 0.1) is 13.8 Å². The van der Waals surface area contributed by atoms with Crippen LogP contribution in [0.3, 0.4) is 0 Å². The number of rotatable bonds is 3. The Bertz CT molecular complexity index is 539. The Balaban J connectivity index is 1.82. The number of carbonyl (C=O) groups is 1. The van der Waals surface area contributed by atoms with Gasteiger partial charge in [-0.15, -0.1) is 0 Å². The van der Waals surface area contributed by atoms with E-state index >= 15 is 0 Å². The summed E-state index contributed by atoms with van der Waals surface area (Å²) >= 11 is 0. The number of alkyl halides is 3. The summed E-state index contributed by atoms with van der Waals surface area (Å²) in [5.74, 6) is 1.11. The second-order valence-electron chi connectivity index (χ2n) is 5.79. The molecule has 1 aliphatic heterocycles. The number of amides is 2. The lowest BCUT2D eigenvalue weighted by atomic mass is 10.2. The Labute approximate surface area is 132 Å². The summed E-state index contributed by atoms with van der Waals surface area (Å²) in [6.45, 7) is 5.21. The zero-order chi connectivity index (χ0) is 17.2. The maximum Gasteiger partial charge on any atom is 0.401 e. The molecule has 2 amide bonds. The van der Waals surface area contributed by atoms with Gasteiger partial charge in [-0.3, -0.25) is 4.90 Å². The van der Waals surface area contributed by atoms with Gasteiger partial charge in [0.25, 0.3) is 0 Å². The Morgan fingerprint density at radius 3 is 2.61 bits per heavy atom. The van der Waals surface area contributed by atoms with Crippen molar-refractivity contribution in [3.8, 4) is 0 Å². The van der Waals surface area contributed by atoms with Gasteiger partial charge in [0.2, 0.25) is 5.89 Å². The fraction of sp³-hybridized carbons (Fsp3) is 0.714. The number of carbonyl (C=O) groups excluding carboxylic acids is 1. The van der Waals surface area contributed by atoms with Crippen LogP contribution in [0.4, 0.5) is 18.0 Å². The van der Waals surface area contributed by atoms with E-state index in [0.29, 0.717) is 11.7 Å². The molecule has 1 aliphatic rings. The minimum atomic E-state index is -4.22. The fourth-order valence-corrected chi connectivity index (χ4v) is 2.52. The van der Waals surface area contributed by atoms with Crippen LogP contribution in [0.5, 0.6) is 0 Å². The highest BCUT2D eigenvalue weighted by Gasteiger charge is 2.35. The number of aryl methyl sites for hydroxylation is 2. The fourth-order valence-electron chi connectivity index (χ4n) is 2.52. The summed E-state index contributed by atoms with van der Waals surface area (Å²) in [5, 5.41) is 2.68. The molecular formula is C14H21F3N4O2. The number of halogens is 3. The number of nitrogens with one attached hydrogen (secondary N) is 1. The van der Waals surface area contributed by atoms with E-state index in [1.54, 1.807) is 13.8 Å². The maximum atomic E-state index is 12.5. The molecule has 1 aromatic rings. The number of nitrogens with zero attached hydrogens (tertiary/aromatic N) is 3. The summed E-state index contributed by atoms with van der Waals surface area (Å²) < 4.78 is 42.7. The van der Waals surface area contributed by atoms with Crippen molar-refractivity contribution in [1.29, 1.82) is 0 Å². The van der Waals surface area contributed by atoms with Gasteiger partial charge in [0, 0.05) is 25.7 Å². The number of hydrogen-bond acceptors (Lipinski definition) is 4. The summed E-state index contributed by atoms with van der Waals surface area (Å²) in [5.41, 5.74) is 0.767. The lowest BCUT2D eigenvalue weighted by Crippen LogP contribution is -2.57. The van der Waals surface area contributed by atoms with Crippen molar-refractivity contribution in [2.24, 2.45) is 0 Å². The lowest BCUT2D eigenvalue weighted by molar-refractivity contribution is -0.153. The van der Waals surface area contributed by atoms with Crippen molar-refractivity contribution >= 4 is 6.03 Å². The van der Waals surface area contributed by atoms with Crippen molar-refractivity contribution in [2.45, 2.75) is 39.5 Å². The van der Waals surface area contributed by atoms with Gasteiger partial charge >= 0.3 is 12.2 Å². The summed E-state index contributed by atoms with van der Waals surface area (Å²) in [4.78, 5) is 19.1. The molecule has 0 aliphatic carbocycles. The van der Waals surface area contributed by atoms with Gasteiger partial charge in [0.1, 0.15) is 5.76 Å². The SMILES string of the molecule is Cc1nc(CNC(=O)N2CCN(CC(F)(F)F)[C@@H](C)C2)oc1C. The van der Waals surface area contributed by atoms with Crippen LogP contribution in [-0.4, -0.2) is 59.2 Å². The van der Waals surface area contributed by atoms with E-state index in [2.05, 4.69) is 10.3 Å². The lowest BCUT2D eigenvalue weighted by Gasteiger charge is -2.39. The van der Waals surface area contributed by atoms with Crippen LogP contribution in [0.15, 0.2) is 4.42 Å². The van der Waals surface area contributed by atoms with E-state index in [9.17, 15) is 18.0 Å². The van der Waals surface area contributed by atoms with E-state index in [4.69, 9.17) is 4.42 Å². The van der Waals surface area contributed by atoms with E-state index in [1.165, 1.54) is 9.80 Å². The van der Waals surface area contributed by atoms with Crippen molar-refractivity contribution in [1.82, 2.24) is 20.1 Å². The zero-order valence-electron chi connectivity index (χ0n) is 13.4. The summed E-state index contributed by atoms with van der Waals surface area (Å²) in [6.07, 6.45) is -4.22. The predicted molar refractivity (Wildman–Crippen MR) is 76.9 cm³/mol. The van der Waals surface area contributed by atoms with Gasteiger partial charge in [0.05, 0.1) is 18.8 Å². The zero-order valence-corrected chi connectivity index (χ0v) is 13.4. The molecule has 9 heteroatoms. The normalized spacial score (nSPS) is 19.9. The monoisotopic (exact) mass is 334 g/mol. The van der Waals surface area contributed by atoms with Gasteiger partial charge in [-0.05, 0) is 20.8 Å². The number of oxazole rings is 1. The van der Waals surface area contributed by atoms with Crippen LogP contribution in [-0.2, 0) is 6.54 Å². The highest BCUT2D eigenvalue weighted by Crippen LogP contribution is 2.20. The minimum absolute atomic E-state index is 0.157. The molecule has 0 bridgehead atoms. The van der Waals surface area contributed by atoms with Crippen molar-refractivity contribution in [3.63, 3.8) is 0 Å². The van der Waals surface area contributed by atoms with E-state index in [1.807, 2.05) is 6.92 Å². The topological polar surface area (TPSA) is 61.6 Å². The van der Waals surface area contributed by atoms with Crippen LogP contribution >= 0.6 is 0 Å². The molecule has 0 unspecified atom stereocenters. The highest BCUT2D eigenvalue weighted by atomic mass is 19.4. The number of urea groups is 1. The summed E-state index contributed by atoms with van der Waals surface area (Å²) in [7, 11) is 0. The third-order valence-electron chi connectivity index (χ3n) is 3.90.